The number of cyclic esters (lactones) is 1. The van der Waals surface area contributed by atoms with Crippen molar-refractivity contribution in [2.45, 2.75) is 289 Å². The van der Waals surface area contributed by atoms with E-state index in [0.29, 0.717) is 75.5 Å². The molecule has 6 aliphatic rings. The van der Waals surface area contributed by atoms with Gasteiger partial charge in [-0.2, -0.15) is 0 Å². The molecule has 104 heavy (non-hydrogen) atoms. The third-order valence-corrected chi connectivity index (χ3v) is 22.9. The number of nitrogens with one attached hydrogen (secondary N) is 7. The Kier molecular flexibility index (Phi) is 35.5. The lowest BCUT2D eigenvalue weighted by Crippen LogP contribution is -2.62. The normalized spacial score (nSPS) is 28.0. The van der Waals surface area contributed by atoms with Crippen molar-refractivity contribution >= 4 is 71.0 Å². The summed E-state index contributed by atoms with van der Waals surface area (Å²) < 4.78 is 24.5. The third-order valence-electron chi connectivity index (χ3n) is 22.9. The van der Waals surface area contributed by atoms with Crippen molar-refractivity contribution in [3.8, 4) is 0 Å². The van der Waals surface area contributed by atoms with E-state index in [9.17, 15) is 47.9 Å². The summed E-state index contributed by atoms with van der Waals surface area (Å²) in [5.74, 6) is -10.9. The Morgan fingerprint density at radius 2 is 1.42 bits per heavy atom. The summed E-state index contributed by atoms with van der Waals surface area (Å²) in [7, 11) is 2.98. The van der Waals surface area contributed by atoms with Gasteiger partial charge in [-0.1, -0.05) is 113 Å². The van der Waals surface area contributed by atoms with Crippen LogP contribution in [0.5, 0.6) is 0 Å². The smallest absolute Gasteiger partial charge is 0.325 e. The van der Waals surface area contributed by atoms with E-state index in [0.717, 1.165) is 77.0 Å². The molecule has 15 N–H and O–H groups in total. The second-order valence-corrected chi connectivity index (χ2v) is 31.7. The van der Waals surface area contributed by atoms with Crippen molar-refractivity contribution in [2.75, 3.05) is 53.5 Å². The second-order valence-electron chi connectivity index (χ2n) is 31.7. The molecule has 0 radical (unpaired) electrons. The van der Waals surface area contributed by atoms with E-state index >= 15 is 9.59 Å². The summed E-state index contributed by atoms with van der Waals surface area (Å²) in [6.07, 6.45) is 14.4. The van der Waals surface area contributed by atoms with E-state index in [1.807, 2.05) is 20.8 Å². The standard InChI is InChI=1S/C75H129N13O16/c1-11-12-13-20-25-59(103-61(89)38-80-67(92)44(5)41-102-54-34-53(78)35-54)45(6)74(99)88(10)58(70(95)86-64(49-21-16-14-17-22-49)72(97)82-55(36-76)66(79)91)31-43(4)40-101-47(8)63-71(96)81-39-62(90)104-60(29-28-52-33-48-26-27-51(52)32-48)46(7)75(100)87(9)57(30-42(2)3)69(94)85-65(50-23-18-15-19-24-50)73(98)83-56(37-77)68(93)84-63/h42-60,63-65H,11-41,76-78H2,1-10H3,(H2,79,91)(H,80,92)(H,81,96)(H,82,97)(H,83,98)(H,84,93)(H,85,94)(H,86,95)/t43?,44-,45+,46+,47-,48?,51?,52?,53-,54-,55-,56-,57-,58-,59+,60+,63-,64-,65-/m0/s1. The maximum absolute atomic E-state index is 15.3. The van der Waals surface area contributed by atoms with Crippen molar-refractivity contribution in [2.24, 2.45) is 82.1 Å². The zero-order valence-corrected chi connectivity index (χ0v) is 63.9. The van der Waals surface area contributed by atoms with Gasteiger partial charge in [-0.05, 0) is 145 Å². The molecule has 17 atom stereocenters. The summed E-state index contributed by atoms with van der Waals surface area (Å²) in [4.78, 5) is 174. The summed E-state index contributed by atoms with van der Waals surface area (Å²) >= 11 is 0. The number of nitrogens with two attached hydrogens (primary N) is 4. The lowest BCUT2D eigenvalue weighted by atomic mass is 9.83. The van der Waals surface area contributed by atoms with Gasteiger partial charge >= 0.3 is 11.9 Å². The van der Waals surface area contributed by atoms with E-state index < -0.39 is 175 Å². The van der Waals surface area contributed by atoms with Crippen LogP contribution >= 0.6 is 0 Å². The van der Waals surface area contributed by atoms with Gasteiger partial charge in [0.25, 0.3) is 0 Å². The highest BCUT2D eigenvalue weighted by atomic mass is 16.6. The molecule has 1 heterocycles. The fraction of sp³-hybridized carbons (Fsp3) is 0.840. The highest BCUT2D eigenvalue weighted by molar-refractivity contribution is 5.97. The van der Waals surface area contributed by atoms with Crippen LogP contribution in [0, 0.1) is 59.2 Å². The maximum atomic E-state index is 15.3. The van der Waals surface area contributed by atoms with Crippen LogP contribution in [0.1, 0.15) is 216 Å². The Labute approximate surface area is 616 Å². The van der Waals surface area contributed by atoms with Gasteiger partial charge in [0.1, 0.15) is 67.6 Å². The van der Waals surface area contributed by atoms with Crippen LogP contribution in [-0.2, 0) is 76.5 Å². The minimum absolute atomic E-state index is 0.0334. The van der Waals surface area contributed by atoms with Gasteiger partial charge in [-0.15, -0.1) is 0 Å². The number of amides is 10. The Hall–Kier alpha value is -6.56. The maximum Gasteiger partial charge on any atom is 0.325 e. The molecular weight excluding hydrogens is 1340 g/mol. The zero-order chi connectivity index (χ0) is 76.5. The molecule has 10 amide bonds. The number of unbranched alkanes of at least 4 members (excludes halogenated alkanes) is 3. The van der Waals surface area contributed by atoms with Crippen molar-refractivity contribution in [1.29, 1.82) is 0 Å². The monoisotopic (exact) mass is 1470 g/mol. The Balaban J connectivity index is 1.29. The number of primary amides is 1. The molecule has 29 nitrogen and oxygen atoms in total. The summed E-state index contributed by atoms with van der Waals surface area (Å²) in [6.45, 7) is 12.0. The van der Waals surface area contributed by atoms with Crippen LogP contribution in [0.2, 0.25) is 0 Å². The Bertz CT molecular complexity index is 2850. The quantitative estimate of drug-likeness (QED) is 0.0321. The number of esters is 2. The first-order chi connectivity index (χ1) is 49.4. The van der Waals surface area contributed by atoms with Gasteiger partial charge in [0.15, 0.2) is 0 Å². The first kappa shape index (κ1) is 86.4. The third kappa shape index (κ3) is 25.9. The van der Waals surface area contributed by atoms with Crippen LogP contribution in [0.25, 0.3) is 0 Å². The number of fused-ring (bicyclic) bond motifs is 2. The van der Waals surface area contributed by atoms with Crippen molar-refractivity contribution in [3.05, 3.63) is 0 Å². The molecule has 4 unspecified atom stereocenters. The van der Waals surface area contributed by atoms with Gasteiger partial charge in [-0.25, -0.2) is 0 Å². The minimum atomic E-state index is -1.60. The van der Waals surface area contributed by atoms with E-state index in [1.165, 1.54) is 30.2 Å². The minimum Gasteiger partial charge on any atom is -0.460 e. The largest absolute Gasteiger partial charge is 0.460 e. The van der Waals surface area contributed by atoms with Gasteiger partial charge in [-0.3, -0.25) is 57.5 Å². The predicted molar refractivity (Wildman–Crippen MR) is 389 cm³/mol. The summed E-state index contributed by atoms with van der Waals surface area (Å²) in [6, 6.07) is -8.97. The Morgan fingerprint density at radius 1 is 0.740 bits per heavy atom. The first-order valence-corrected chi connectivity index (χ1v) is 39.1. The lowest BCUT2D eigenvalue weighted by molar-refractivity contribution is -0.158. The van der Waals surface area contributed by atoms with Crippen molar-refractivity contribution in [1.82, 2.24) is 47.0 Å². The number of likely N-dealkylation sites (N-methyl/N-ethyl adjacent to an activating group) is 2. The molecule has 0 aromatic heterocycles. The molecule has 6 rings (SSSR count). The fourth-order valence-electron chi connectivity index (χ4n) is 16.2. The van der Waals surface area contributed by atoms with E-state index in [2.05, 4.69) is 37.2 Å². The number of rotatable bonds is 35. The number of carbonyl (C=O) groups is 12. The predicted octanol–water partition coefficient (Wildman–Crippen LogP) is 2.78. The summed E-state index contributed by atoms with van der Waals surface area (Å²) in [5.41, 5.74) is 23.7. The number of hydrogen-bond donors (Lipinski definition) is 11. The van der Waals surface area contributed by atoms with Crippen LogP contribution in [0.4, 0.5) is 0 Å². The highest BCUT2D eigenvalue weighted by Gasteiger charge is 2.45. The molecule has 590 valence electrons. The molecule has 0 spiro atoms. The van der Waals surface area contributed by atoms with Gasteiger partial charge in [0, 0.05) is 39.8 Å². The van der Waals surface area contributed by atoms with E-state index in [4.69, 9.17) is 41.9 Å². The topological polar surface area (TPSA) is 437 Å². The van der Waals surface area contributed by atoms with Crippen LogP contribution in [0.3, 0.4) is 0 Å². The average molecular weight is 1470 g/mol. The second kappa shape index (κ2) is 42.7. The Morgan fingerprint density at radius 3 is 2.03 bits per heavy atom. The zero-order valence-electron chi connectivity index (χ0n) is 63.9. The molecule has 5 saturated carbocycles. The lowest BCUT2D eigenvalue weighted by Gasteiger charge is -2.36. The molecule has 1 saturated heterocycles. The molecule has 6 fully saturated rings. The van der Waals surface area contributed by atoms with E-state index in [-0.39, 0.29) is 68.9 Å². The van der Waals surface area contributed by atoms with Gasteiger partial charge in [0.05, 0.1) is 36.6 Å². The molecule has 29 heteroatoms. The SMILES string of the molecule is CCCCCC[C@@H](OC(=O)CNC(=O)[C@@H](C)CO[C@H]1C[C@H](N)C1)[C@@H](C)C(=O)N(C)[C@@H](CC(C)CO[C@@H](C)[C@@H]1NC(=O)[C@H](CN)NC(=O)[C@H](C2CCCCC2)NC(=O)[C@H](CC(C)C)N(C)C(=O)[C@H](C)[C@@H](CCC2CC3CCC2C3)OC(=O)CNC1=O)C(=O)N[C@H](C(=O)N[C@@H](CN)C(N)=O)C1CCCCC1. The number of ether oxygens (including phenoxy) is 4. The van der Waals surface area contributed by atoms with Crippen molar-refractivity contribution in [3.63, 3.8) is 0 Å². The fourth-order valence-corrected chi connectivity index (χ4v) is 16.2. The van der Waals surface area contributed by atoms with Crippen LogP contribution < -0.4 is 60.2 Å². The highest BCUT2D eigenvalue weighted by Crippen LogP contribution is 2.50. The molecule has 0 aromatic rings. The van der Waals surface area contributed by atoms with Crippen LogP contribution in [0.15, 0.2) is 0 Å². The molecule has 1 aliphatic heterocycles. The molecule has 0 aromatic carbocycles. The van der Waals surface area contributed by atoms with Gasteiger partial charge < -0.3 is 88.9 Å². The average Bonchev–Trinajstić information content (AvgIpc) is 1.54. The van der Waals surface area contributed by atoms with Crippen LogP contribution in [-0.4, -0.2) is 207 Å². The van der Waals surface area contributed by atoms with E-state index in [1.54, 1.807) is 34.7 Å². The first-order valence-electron chi connectivity index (χ1n) is 39.1. The summed E-state index contributed by atoms with van der Waals surface area (Å²) in [5, 5.41) is 19.3. The molecule has 2 bridgehead atoms. The number of carbonyl (C=O) groups excluding carboxylic acids is 12. The molecule has 5 aliphatic carbocycles. The number of nitrogens with zero attached hydrogens (tertiary/aromatic N) is 2. The number of hydrogen-bond acceptors (Lipinski definition) is 19. The molecular formula is C75H129N13O16. The van der Waals surface area contributed by atoms with Gasteiger partial charge in [0.2, 0.25) is 59.1 Å². The van der Waals surface area contributed by atoms with Crippen molar-refractivity contribution < 1.29 is 76.5 Å².